The Balaban J connectivity index is 3.36. The molecule has 0 aliphatic rings. The zero-order valence-electron chi connectivity index (χ0n) is 10.2. The summed E-state index contributed by atoms with van der Waals surface area (Å²) in [5.74, 6) is 1.18. The molecule has 0 aliphatic carbocycles. The molecule has 0 heterocycles. The summed E-state index contributed by atoms with van der Waals surface area (Å²) < 4.78 is 0. The fourth-order valence-electron chi connectivity index (χ4n) is 1.47. The van der Waals surface area contributed by atoms with E-state index in [0.29, 0.717) is 5.92 Å². The number of nitrogens with one attached hydrogen (secondary N) is 1. The first-order valence-electron chi connectivity index (χ1n) is 6.00. The number of hydrogen-bond acceptors (Lipinski definition) is 2. The quantitative estimate of drug-likeness (QED) is 0.591. The molecule has 2 nitrogen and oxygen atoms in total. The average molecular weight is 201 g/mol. The highest BCUT2D eigenvalue weighted by Crippen LogP contribution is 2.06. The number of aliphatic hydroxyl groups is 1. The van der Waals surface area contributed by atoms with E-state index in [9.17, 15) is 5.11 Å². The average Bonchev–Trinajstić information content (AvgIpc) is 2.17. The van der Waals surface area contributed by atoms with Crippen molar-refractivity contribution < 1.29 is 5.11 Å². The van der Waals surface area contributed by atoms with Crippen LogP contribution in [0.5, 0.6) is 0 Å². The van der Waals surface area contributed by atoms with Gasteiger partial charge in [-0.05, 0) is 31.3 Å². The van der Waals surface area contributed by atoms with Crippen LogP contribution in [0.15, 0.2) is 0 Å². The van der Waals surface area contributed by atoms with Crippen molar-refractivity contribution in [1.29, 1.82) is 0 Å². The minimum atomic E-state index is -0.149. The van der Waals surface area contributed by atoms with Crippen molar-refractivity contribution >= 4 is 0 Å². The third kappa shape index (κ3) is 6.39. The third-order valence-corrected chi connectivity index (χ3v) is 2.97. The Morgan fingerprint density at radius 2 is 1.71 bits per heavy atom. The summed E-state index contributed by atoms with van der Waals surface area (Å²) in [4.78, 5) is 0. The Kier molecular flexibility index (Phi) is 8.20. The number of rotatable bonds is 8. The SMILES string of the molecule is CCC(CC)CNCCC(O)C(C)C. The van der Waals surface area contributed by atoms with Crippen LogP contribution < -0.4 is 5.32 Å². The summed E-state index contributed by atoms with van der Waals surface area (Å²) in [5.41, 5.74) is 0. The van der Waals surface area contributed by atoms with E-state index in [4.69, 9.17) is 0 Å². The Bertz CT molecular complexity index is 117. The zero-order valence-corrected chi connectivity index (χ0v) is 10.2. The van der Waals surface area contributed by atoms with Gasteiger partial charge in [-0.15, -0.1) is 0 Å². The maximum atomic E-state index is 9.57. The van der Waals surface area contributed by atoms with Gasteiger partial charge in [-0.25, -0.2) is 0 Å². The molecule has 2 heteroatoms. The van der Waals surface area contributed by atoms with E-state index < -0.39 is 0 Å². The summed E-state index contributed by atoms with van der Waals surface area (Å²) >= 11 is 0. The normalized spacial score (nSPS) is 13.9. The van der Waals surface area contributed by atoms with Crippen LogP contribution in [0.2, 0.25) is 0 Å². The first-order chi connectivity index (χ1) is 6.61. The van der Waals surface area contributed by atoms with Gasteiger partial charge in [0.1, 0.15) is 0 Å². The van der Waals surface area contributed by atoms with E-state index in [1.807, 2.05) is 0 Å². The molecule has 0 fully saturated rings. The highest BCUT2D eigenvalue weighted by Gasteiger charge is 2.08. The number of aliphatic hydroxyl groups excluding tert-OH is 1. The summed E-state index contributed by atoms with van der Waals surface area (Å²) in [6, 6.07) is 0. The third-order valence-electron chi connectivity index (χ3n) is 2.97. The minimum Gasteiger partial charge on any atom is -0.393 e. The second-order valence-corrected chi connectivity index (χ2v) is 4.49. The van der Waals surface area contributed by atoms with Crippen molar-refractivity contribution in [2.75, 3.05) is 13.1 Å². The Hall–Kier alpha value is -0.0800. The highest BCUT2D eigenvalue weighted by molar-refractivity contribution is 4.63. The summed E-state index contributed by atoms with van der Waals surface area (Å²) in [5, 5.41) is 13.0. The van der Waals surface area contributed by atoms with Crippen LogP contribution >= 0.6 is 0 Å². The first kappa shape index (κ1) is 13.9. The molecular formula is C12H27NO. The molecule has 0 bridgehead atoms. The Morgan fingerprint density at radius 3 is 2.14 bits per heavy atom. The fourth-order valence-corrected chi connectivity index (χ4v) is 1.47. The van der Waals surface area contributed by atoms with Gasteiger partial charge in [-0.3, -0.25) is 0 Å². The monoisotopic (exact) mass is 201 g/mol. The summed E-state index contributed by atoms with van der Waals surface area (Å²) in [6.07, 6.45) is 3.22. The van der Waals surface area contributed by atoms with E-state index >= 15 is 0 Å². The molecule has 1 unspecified atom stereocenters. The van der Waals surface area contributed by atoms with E-state index in [0.717, 1.165) is 25.4 Å². The maximum Gasteiger partial charge on any atom is 0.0575 e. The van der Waals surface area contributed by atoms with Crippen molar-refractivity contribution in [3.63, 3.8) is 0 Å². The molecule has 0 radical (unpaired) electrons. The van der Waals surface area contributed by atoms with Crippen molar-refractivity contribution in [2.24, 2.45) is 11.8 Å². The predicted molar refractivity (Wildman–Crippen MR) is 62.4 cm³/mol. The van der Waals surface area contributed by atoms with Crippen molar-refractivity contribution in [3.05, 3.63) is 0 Å². The predicted octanol–water partition coefficient (Wildman–Crippen LogP) is 2.42. The molecule has 0 rings (SSSR count). The van der Waals surface area contributed by atoms with Gasteiger partial charge in [0.15, 0.2) is 0 Å². The lowest BCUT2D eigenvalue weighted by Crippen LogP contribution is -2.27. The summed E-state index contributed by atoms with van der Waals surface area (Å²) in [6.45, 7) is 10.6. The van der Waals surface area contributed by atoms with E-state index in [1.54, 1.807) is 0 Å². The van der Waals surface area contributed by atoms with Gasteiger partial charge < -0.3 is 10.4 Å². The first-order valence-corrected chi connectivity index (χ1v) is 6.00. The maximum absolute atomic E-state index is 9.57. The standard InChI is InChI=1S/C12H27NO/c1-5-11(6-2)9-13-8-7-12(14)10(3)4/h10-14H,5-9H2,1-4H3. The lowest BCUT2D eigenvalue weighted by atomic mass is 10.0. The fraction of sp³-hybridized carbons (Fsp3) is 1.00. The Labute approximate surface area is 89.1 Å². The molecule has 0 aromatic heterocycles. The molecule has 2 N–H and O–H groups in total. The molecule has 0 aromatic carbocycles. The van der Waals surface area contributed by atoms with Crippen LogP contribution in [0.25, 0.3) is 0 Å². The molecule has 1 atom stereocenters. The second-order valence-electron chi connectivity index (χ2n) is 4.49. The van der Waals surface area contributed by atoms with Gasteiger partial charge in [0.2, 0.25) is 0 Å². The second kappa shape index (κ2) is 8.25. The van der Waals surface area contributed by atoms with Gasteiger partial charge in [0.25, 0.3) is 0 Å². The molecule has 0 saturated heterocycles. The molecule has 0 aromatic rings. The largest absolute Gasteiger partial charge is 0.393 e. The van der Waals surface area contributed by atoms with Crippen molar-refractivity contribution in [3.8, 4) is 0 Å². The zero-order chi connectivity index (χ0) is 11.0. The highest BCUT2D eigenvalue weighted by atomic mass is 16.3. The van der Waals surface area contributed by atoms with E-state index in [-0.39, 0.29) is 6.10 Å². The van der Waals surface area contributed by atoms with E-state index in [1.165, 1.54) is 12.8 Å². The molecule has 0 aliphatic heterocycles. The molecule has 0 spiro atoms. The van der Waals surface area contributed by atoms with Crippen LogP contribution in [-0.4, -0.2) is 24.3 Å². The number of hydrogen-bond donors (Lipinski definition) is 2. The van der Waals surface area contributed by atoms with E-state index in [2.05, 4.69) is 33.0 Å². The van der Waals surface area contributed by atoms with Crippen LogP contribution in [0.4, 0.5) is 0 Å². The van der Waals surface area contributed by atoms with Gasteiger partial charge in [-0.1, -0.05) is 40.5 Å². The molecule has 14 heavy (non-hydrogen) atoms. The van der Waals surface area contributed by atoms with Crippen LogP contribution in [0.1, 0.15) is 47.0 Å². The smallest absolute Gasteiger partial charge is 0.0575 e. The van der Waals surface area contributed by atoms with Gasteiger partial charge in [0.05, 0.1) is 6.10 Å². The van der Waals surface area contributed by atoms with Gasteiger partial charge in [0, 0.05) is 0 Å². The molecule has 86 valence electrons. The Morgan fingerprint density at radius 1 is 1.14 bits per heavy atom. The van der Waals surface area contributed by atoms with Crippen molar-refractivity contribution in [2.45, 2.75) is 53.1 Å². The molecular weight excluding hydrogens is 174 g/mol. The molecule has 0 saturated carbocycles. The van der Waals surface area contributed by atoms with Crippen LogP contribution in [0, 0.1) is 11.8 Å². The summed E-state index contributed by atoms with van der Waals surface area (Å²) in [7, 11) is 0. The van der Waals surface area contributed by atoms with Gasteiger partial charge in [-0.2, -0.15) is 0 Å². The lowest BCUT2D eigenvalue weighted by Gasteiger charge is -2.16. The van der Waals surface area contributed by atoms with Crippen molar-refractivity contribution in [1.82, 2.24) is 5.32 Å². The minimum absolute atomic E-state index is 0.149. The van der Waals surface area contributed by atoms with Crippen LogP contribution in [0.3, 0.4) is 0 Å². The lowest BCUT2D eigenvalue weighted by molar-refractivity contribution is 0.115. The van der Waals surface area contributed by atoms with Gasteiger partial charge >= 0.3 is 0 Å². The topological polar surface area (TPSA) is 32.3 Å². The van der Waals surface area contributed by atoms with Crippen LogP contribution in [-0.2, 0) is 0 Å². The molecule has 0 amide bonds.